The molecular formula is C81H51N3O2. The summed E-state index contributed by atoms with van der Waals surface area (Å²) in [5, 5.41) is 12.0. The van der Waals surface area contributed by atoms with Crippen molar-refractivity contribution in [3.63, 3.8) is 0 Å². The number of rotatable bonds is 8. The van der Waals surface area contributed by atoms with Crippen LogP contribution in [-0.4, -0.2) is 15.0 Å². The number of benzene rings is 14. The molecule has 17 aromatic rings. The number of hydrogen-bond acceptors (Lipinski definition) is 5. The Balaban J connectivity index is 0.000000140. The smallest absolute Gasteiger partial charge is 0.167 e. The van der Waals surface area contributed by atoms with E-state index in [1.807, 2.05) is 78.9 Å². The van der Waals surface area contributed by atoms with Crippen molar-refractivity contribution in [2.45, 2.75) is 0 Å². The van der Waals surface area contributed by atoms with Crippen LogP contribution in [0.2, 0.25) is 0 Å². The molecule has 14 aromatic carbocycles. The molecule has 17 rings (SSSR count). The molecule has 5 nitrogen and oxygen atoms in total. The lowest BCUT2D eigenvalue weighted by Gasteiger charge is -2.12. The fraction of sp³-hybridized carbons (Fsp3) is 0. The van der Waals surface area contributed by atoms with E-state index in [1.165, 1.54) is 54.6 Å². The quantitative estimate of drug-likeness (QED) is 0.142. The van der Waals surface area contributed by atoms with Crippen LogP contribution in [0.3, 0.4) is 0 Å². The second kappa shape index (κ2) is 21.3. The summed E-state index contributed by atoms with van der Waals surface area (Å²) in [6.45, 7) is 0. The molecule has 0 atom stereocenters. The van der Waals surface area contributed by atoms with Gasteiger partial charge in [0.05, 0.1) is 5.56 Å². The molecule has 0 spiro atoms. The van der Waals surface area contributed by atoms with Gasteiger partial charge in [0.15, 0.2) is 17.5 Å². The Hall–Kier alpha value is -11.5. The topological polar surface area (TPSA) is 65.0 Å². The van der Waals surface area contributed by atoms with Gasteiger partial charge in [-0.25, -0.2) is 15.0 Å². The zero-order chi connectivity index (χ0) is 56.9. The van der Waals surface area contributed by atoms with Crippen molar-refractivity contribution in [1.29, 1.82) is 0 Å². The van der Waals surface area contributed by atoms with Crippen LogP contribution >= 0.6 is 0 Å². The molecule has 0 bridgehead atoms. The van der Waals surface area contributed by atoms with Gasteiger partial charge in [-0.05, 0) is 89.5 Å². The van der Waals surface area contributed by atoms with Crippen molar-refractivity contribution in [1.82, 2.24) is 15.0 Å². The number of fused-ring (bicyclic) bond motifs is 12. The molecular weight excluding hydrogens is 1050 g/mol. The SMILES string of the molecule is c1ccc(-c2ccc(-c3cccc4c3oc3c(-c5ccc6c7ccccc7c7ccccc7c6c5)cccc34)cc2)cc1.c1ccc(-c2cccc(-c3cccc4c3oc3c(-c5nc(-c6ccccc6)nc(-c6ccccc6)n5)cccc34)c2)cc1. The van der Waals surface area contributed by atoms with E-state index in [2.05, 4.69) is 231 Å². The van der Waals surface area contributed by atoms with Gasteiger partial charge in [-0.1, -0.05) is 291 Å². The van der Waals surface area contributed by atoms with E-state index < -0.39 is 0 Å². The number of para-hydroxylation sites is 4. The largest absolute Gasteiger partial charge is 0.455 e. The van der Waals surface area contributed by atoms with Crippen LogP contribution in [0.5, 0.6) is 0 Å². The van der Waals surface area contributed by atoms with Gasteiger partial charge in [0.25, 0.3) is 0 Å². The van der Waals surface area contributed by atoms with Crippen molar-refractivity contribution >= 4 is 76.2 Å². The van der Waals surface area contributed by atoms with Crippen LogP contribution in [0.1, 0.15) is 0 Å². The third kappa shape index (κ3) is 8.94. The average Bonchev–Trinajstić information content (AvgIpc) is 2.08. The van der Waals surface area contributed by atoms with Gasteiger partial charge in [0.1, 0.15) is 22.3 Å². The van der Waals surface area contributed by atoms with Gasteiger partial charge in [-0.2, -0.15) is 0 Å². The lowest BCUT2D eigenvalue weighted by molar-refractivity contribution is 0.670. The Morgan fingerprint density at radius 3 is 0.942 bits per heavy atom. The summed E-state index contributed by atoms with van der Waals surface area (Å²) in [6, 6.07) is 108. The zero-order valence-corrected chi connectivity index (χ0v) is 46.6. The van der Waals surface area contributed by atoms with Crippen LogP contribution in [0, 0.1) is 0 Å². The van der Waals surface area contributed by atoms with Crippen LogP contribution in [0.4, 0.5) is 0 Å². The van der Waals surface area contributed by atoms with Crippen molar-refractivity contribution in [2.75, 3.05) is 0 Å². The number of nitrogens with zero attached hydrogens (tertiary/aromatic N) is 3. The second-order valence-electron chi connectivity index (χ2n) is 21.7. The average molecular weight is 1100 g/mol. The maximum Gasteiger partial charge on any atom is 0.167 e. The maximum atomic E-state index is 6.81. The zero-order valence-electron chi connectivity index (χ0n) is 46.6. The predicted octanol–water partition coefficient (Wildman–Crippen LogP) is 22.2. The van der Waals surface area contributed by atoms with E-state index in [1.54, 1.807) is 0 Å². The summed E-state index contributed by atoms with van der Waals surface area (Å²) in [5.41, 5.74) is 17.6. The van der Waals surface area contributed by atoms with Crippen LogP contribution in [0.15, 0.2) is 318 Å². The number of furan rings is 2. The minimum absolute atomic E-state index is 0.574. The molecule has 0 saturated heterocycles. The summed E-state index contributed by atoms with van der Waals surface area (Å²) < 4.78 is 13.6. The molecule has 3 aromatic heterocycles. The molecule has 3 heterocycles. The molecule has 0 radical (unpaired) electrons. The Morgan fingerprint density at radius 2 is 0.453 bits per heavy atom. The first-order valence-electron chi connectivity index (χ1n) is 29.1. The van der Waals surface area contributed by atoms with Gasteiger partial charge in [0, 0.05) is 49.4 Å². The summed E-state index contributed by atoms with van der Waals surface area (Å²) >= 11 is 0. The Labute approximate surface area is 496 Å². The minimum atomic E-state index is 0.574. The van der Waals surface area contributed by atoms with Gasteiger partial charge < -0.3 is 8.83 Å². The number of hydrogen-bond donors (Lipinski definition) is 0. The predicted molar refractivity (Wildman–Crippen MR) is 357 cm³/mol. The Morgan fingerprint density at radius 1 is 0.163 bits per heavy atom. The monoisotopic (exact) mass is 1100 g/mol. The summed E-state index contributed by atoms with van der Waals surface area (Å²) in [4.78, 5) is 14.8. The van der Waals surface area contributed by atoms with Crippen molar-refractivity contribution in [3.8, 4) is 89.8 Å². The molecule has 0 amide bonds. The van der Waals surface area contributed by atoms with E-state index in [9.17, 15) is 0 Å². The number of aromatic nitrogens is 3. The molecule has 0 aliphatic carbocycles. The molecule has 0 aliphatic heterocycles. The van der Waals surface area contributed by atoms with Gasteiger partial charge in [-0.15, -0.1) is 0 Å². The van der Waals surface area contributed by atoms with Gasteiger partial charge in [-0.3, -0.25) is 0 Å². The summed E-state index contributed by atoms with van der Waals surface area (Å²) in [6.07, 6.45) is 0. The third-order valence-corrected chi connectivity index (χ3v) is 16.6. The van der Waals surface area contributed by atoms with Crippen molar-refractivity contribution < 1.29 is 8.83 Å². The summed E-state index contributed by atoms with van der Waals surface area (Å²) in [5.74, 6) is 1.82. The third-order valence-electron chi connectivity index (χ3n) is 16.6. The highest BCUT2D eigenvalue weighted by Crippen LogP contribution is 2.44. The lowest BCUT2D eigenvalue weighted by atomic mass is 9.92. The first kappa shape index (κ1) is 50.2. The molecule has 0 saturated carbocycles. The first-order chi connectivity index (χ1) is 42.6. The van der Waals surface area contributed by atoms with Crippen molar-refractivity contribution in [3.05, 3.63) is 309 Å². The molecule has 0 aliphatic rings. The van der Waals surface area contributed by atoms with Crippen molar-refractivity contribution in [2.24, 2.45) is 0 Å². The van der Waals surface area contributed by atoms with Crippen LogP contribution < -0.4 is 0 Å². The van der Waals surface area contributed by atoms with Gasteiger partial charge in [0.2, 0.25) is 0 Å². The first-order valence-corrected chi connectivity index (χ1v) is 29.1. The van der Waals surface area contributed by atoms with Crippen LogP contribution in [0.25, 0.3) is 166 Å². The maximum absolute atomic E-state index is 6.81. The lowest BCUT2D eigenvalue weighted by Crippen LogP contribution is -2.00. The van der Waals surface area contributed by atoms with E-state index >= 15 is 0 Å². The highest BCUT2D eigenvalue weighted by atomic mass is 16.3. The second-order valence-corrected chi connectivity index (χ2v) is 21.7. The molecule has 0 unspecified atom stereocenters. The Bertz CT molecular complexity index is 5290. The highest BCUT2D eigenvalue weighted by Gasteiger charge is 2.21. The Kier molecular flexibility index (Phi) is 12.5. The van der Waals surface area contributed by atoms with E-state index in [0.717, 1.165) is 93.9 Å². The van der Waals surface area contributed by atoms with E-state index in [0.29, 0.717) is 17.5 Å². The molecule has 0 N–H and O–H groups in total. The van der Waals surface area contributed by atoms with E-state index in [-0.39, 0.29) is 0 Å². The fourth-order valence-electron chi connectivity index (χ4n) is 12.5. The normalized spacial score (nSPS) is 11.5. The summed E-state index contributed by atoms with van der Waals surface area (Å²) in [7, 11) is 0. The standard InChI is InChI=1S/C42H26O.C39H25N3O/c1-2-10-27(11-3-1)28-20-22-29(23-21-28)31-16-8-18-38-39-19-9-17-32(42(39)43-41(31)38)30-24-25-37-35-14-5-4-12-33(35)34-13-6-7-15-36(34)40(37)26-30;1-4-13-26(14-5-1)29-19-10-20-30(25-29)31-21-11-22-32-33-23-12-24-34(36(33)43-35(31)32)39-41-37(27-15-6-2-7-16-27)40-38(42-39)28-17-8-3-9-18-28/h1-26H;1-25H. The molecule has 0 fully saturated rings. The highest BCUT2D eigenvalue weighted by molar-refractivity contribution is 6.26. The van der Waals surface area contributed by atoms with Crippen LogP contribution in [-0.2, 0) is 0 Å². The molecule has 5 heteroatoms. The molecule has 86 heavy (non-hydrogen) atoms. The van der Waals surface area contributed by atoms with Gasteiger partial charge >= 0.3 is 0 Å². The molecule has 402 valence electrons. The minimum Gasteiger partial charge on any atom is -0.455 e. The van der Waals surface area contributed by atoms with E-state index in [4.69, 9.17) is 23.8 Å². The fourth-order valence-corrected chi connectivity index (χ4v) is 12.5.